The lowest BCUT2D eigenvalue weighted by atomic mass is 10.00. The zero-order valence-electron chi connectivity index (χ0n) is 11.0. The van der Waals surface area contributed by atoms with Gasteiger partial charge in [0.05, 0.1) is 6.26 Å². The van der Waals surface area contributed by atoms with Crippen LogP contribution in [-0.2, 0) is 23.0 Å². The van der Waals surface area contributed by atoms with Gasteiger partial charge in [0, 0.05) is 24.7 Å². The Hall–Kier alpha value is -0.620. The van der Waals surface area contributed by atoms with Gasteiger partial charge in [0.15, 0.2) is 0 Å². The molecule has 1 aromatic rings. The van der Waals surface area contributed by atoms with Crippen LogP contribution in [0.25, 0.3) is 0 Å². The topological polar surface area (TPSA) is 49.4 Å². The monoisotopic (exact) mass is 302 g/mol. The highest BCUT2D eigenvalue weighted by atomic mass is 35.5. The van der Waals surface area contributed by atoms with Crippen molar-refractivity contribution < 1.29 is 8.42 Å². The summed E-state index contributed by atoms with van der Waals surface area (Å²) >= 11 is 6.01. The van der Waals surface area contributed by atoms with Crippen molar-refractivity contribution in [1.29, 1.82) is 0 Å². The van der Waals surface area contributed by atoms with Gasteiger partial charge in [0.2, 0.25) is 10.0 Å². The minimum Gasteiger partial charge on any atom is -0.299 e. The first kappa shape index (κ1) is 14.8. The first-order valence-electron chi connectivity index (χ1n) is 6.38. The summed E-state index contributed by atoms with van der Waals surface area (Å²) in [5.74, 6) is 0. The van der Waals surface area contributed by atoms with Gasteiger partial charge in [0.1, 0.15) is 0 Å². The normalized spacial score (nSPS) is 16.3. The number of fused-ring (bicyclic) bond motifs is 1. The molecule has 0 saturated heterocycles. The van der Waals surface area contributed by atoms with Crippen molar-refractivity contribution in [3.63, 3.8) is 0 Å². The maximum absolute atomic E-state index is 10.9. The Kier molecular flexibility index (Phi) is 4.84. The zero-order valence-corrected chi connectivity index (χ0v) is 12.6. The first-order chi connectivity index (χ1) is 8.94. The highest BCUT2D eigenvalue weighted by Gasteiger charge is 2.15. The summed E-state index contributed by atoms with van der Waals surface area (Å²) < 4.78 is 24.4. The molecule has 0 bridgehead atoms. The van der Waals surface area contributed by atoms with Gasteiger partial charge < -0.3 is 0 Å². The Morgan fingerprint density at radius 1 is 1.37 bits per heavy atom. The molecule has 19 heavy (non-hydrogen) atoms. The molecule has 4 nitrogen and oxygen atoms in total. The molecule has 0 radical (unpaired) electrons. The van der Waals surface area contributed by atoms with Crippen molar-refractivity contribution in [2.75, 3.05) is 25.9 Å². The number of rotatable bonds is 5. The second-order valence-electron chi connectivity index (χ2n) is 4.96. The van der Waals surface area contributed by atoms with E-state index in [1.807, 2.05) is 12.1 Å². The predicted octanol–water partition coefficient (Wildman–Crippen LogP) is 1.64. The van der Waals surface area contributed by atoms with E-state index < -0.39 is 10.0 Å². The molecule has 0 saturated carbocycles. The van der Waals surface area contributed by atoms with Gasteiger partial charge in [-0.25, -0.2) is 13.1 Å². The molecule has 0 unspecified atom stereocenters. The number of halogens is 1. The van der Waals surface area contributed by atoms with Crippen molar-refractivity contribution in [1.82, 2.24) is 9.62 Å². The van der Waals surface area contributed by atoms with Gasteiger partial charge in [-0.05, 0) is 42.6 Å². The number of hydrogen-bond acceptors (Lipinski definition) is 3. The molecule has 0 aromatic heterocycles. The number of nitrogens with one attached hydrogen (secondary N) is 1. The molecule has 0 aliphatic carbocycles. The Morgan fingerprint density at radius 3 is 2.89 bits per heavy atom. The van der Waals surface area contributed by atoms with E-state index in [2.05, 4.69) is 15.7 Å². The van der Waals surface area contributed by atoms with Crippen molar-refractivity contribution in [3.05, 3.63) is 34.3 Å². The van der Waals surface area contributed by atoms with Crippen molar-refractivity contribution in [2.24, 2.45) is 0 Å². The molecule has 1 aliphatic rings. The van der Waals surface area contributed by atoms with E-state index in [-0.39, 0.29) is 0 Å². The average molecular weight is 303 g/mol. The maximum atomic E-state index is 10.9. The Bertz CT molecular complexity index is 546. The fourth-order valence-corrected chi connectivity index (χ4v) is 3.05. The lowest BCUT2D eigenvalue weighted by Crippen LogP contribution is -2.33. The maximum Gasteiger partial charge on any atom is 0.208 e. The second kappa shape index (κ2) is 6.22. The molecule has 1 heterocycles. The van der Waals surface area contributed by atoms with Crippen LogP contribution in [0, 0.1) is 0 Å². The van der Waals surface area contributed by atoms with Gasteiger partial charge in [-0.2, -0.15) is 0 Å². The third-order valence-corrected chi connectivity index (χ3v) is 4.24. The average Bonchev–Trinajstić information content (AvgIpc) is 2.33. The summed E-state index contributed by atoms with van der Waals surface area (Å²) in [5, 5.41) is 0.777. The molecule has 0 amide bonds. The summed E-state index contributed by atoms with van der Waals surface area (Å²) in [6.45, 7) is 3.31. The molecule has 0 fully saturated rings. The van der Waals surface area contributed by atoms with Crippen molar-refractivity contribution in [2.45, 2.75) is 19.4 Å². The number of benzene rings is 1. The zero-order chi connectivity index (χ0) is 13.9. The van der Waals surface area contributed by atoms with Crippen molar-refractivity contribution in [3.8, 4) is 0 Å². The summed E-state index contributed by atoms with van der Waals surface area (Å²) in [6.07, 6.45) is 3.04. The van der Waals surface area contributed by atoms with Crippen LogP contribution in [0.4, 0.5) is 0 Å². The van der Waals surface area contributed by atoms with Crippen LogP contribution in [0.15, 0.2) is 18.2 Å². The van der Waals surface area contributed by atoms with E-state index in [1.165, 1.54) is 17.4 Å². The molecule has 1 N–H and O–H groups in total. The highest BCUT2D eigenvalue weighted by molar-refractivity contribution is 7.88. The standard InChI is InChI=1S/C13H19ClN2O2S/c1-19(17,18)15-6-2-7-16-8-5-11-3-4-13(14)9-12(11)10-16/h3-4,9,15H,2,5-8,10H2,1H3. The third-order valence-electron chi connectivity index (χ3n) is 3.28. The molecule has 1 aromatic carbocycles. The summed E-state index contributed by atoms with van der Waals surface area (Å²) in [7, 11) is -3.07. The summed E-state index contributed by atoms with van der Waals surface area (Å²) in [4.78, 5) is 2.34. The van der Waals surface area contributed by atoms with Crippen LogP contribution in [0.2, 0.25) is 5.02 Å². The number of nitrogens with zero attached hydrogens (tertiary/aromatic N) is 1. The lowest BCUT2D eigenvalue weighted by molar-refractivity contribution is 0.251. The minimum absolute atomic E-state index is 0.498. The molecule has 0 spiro atoms. The van der Waals surface area contributed by atoms with Gasteiger partial charge >= 0.3 is 0 Å². The predicted molar refractivity (Wildman–Crippen MR) is 77.9 cm³/mol. The van der Waals surface area contributed by atoms with Gasteiger partial charge in [-0.3, -0.25) is 4.90 Å². The van der Waals surface area contributed by atoms with E-state index in [9.17, 15) is 8.42 Å². The SMILES string of the molecule is CS(=O)(=O)NCCCN1CCc2ccc(Cl)cc2C1. The summed E-state index contributed by atoms with van der Waals surface area (Å²) in [6, 6.07) is 6.06. The van der Waals surface area contributed by atoms with Crippen LogP contribution in [0.1, 0.15) is 17.5 Å². The van der Waals surface area contributed by atoms with Crippen LogP contribution in [0.5, 0.6) is 0 Å². The molecule has 6 heteroatoms. The lowest BCUT2D eigenvalue weighted by Gasteiger charge is -2.28. The summed E-state index contributed by atoms with van der Waals surface area (Å²) in [5.41, 5.74) is 2.66. The van der Waals surface area contributed by atoms with Gasteiger partial charge in [-0.15, -0.1) is 0 Å². The number of hydrogen-bond donors (Lipinski definition) is 1. The van der Waals surface area contributed by atoms with Crippen LogP contribution < -0.4 is 4.72 Å². The minimum atomic E-state index is -3.07. The van der Waals surface area contributed by atoms with E-state index in [0.29, 0.717) is 6.54 Å². The fraction of sp³-hybridized carbons (Fsp3) is 0.538. The fourth-order valence-electron chi connectivity index (χ4n) is 2.34. The largest absolute Gasteiger partial charge is 0.299 e. The first-order valence-corrected chi connectivity index (χ1v) is 8.65. The Morgan fingerprint density at radius 2 is 2.16 bits per heavy atom. The second-order valence-corrected chi connectivity index (χ2v) is 7.23. The van der Waals surface area contributed by atoms with E-state index >= 15 is 0 Å². The van der Waals surface area contributed by atoms with E-state index in [0.717, 1.165) is 37.5 Å². The molecule has 106 valence electrons. The smallest absolute Gasteiger partial charge is 0.208 e. The van der Waals surface area contributed by atoms with Gasteiger partial charge in [0.25, 0.3) is 0 Å². The Balaban J connectivity index is 1.82. The molecule has 0 atom stereocenters. The molecular weight excluding hydrogens is 284 g/mol. The van der Waals surface area contributed by atoms with E-state index in [4.69, 9.17) is 11.6 Å². The quantitative estimate of drug-likeness (QED) is 0.841. The Labute approximate surface area is 119 Å². The van der Waals surface area contributed by atoms with Crippen LogP contribution >= 0.6 is 11.6 Å². The third kappa shape index (κ3) is 4.76. The van der Waals surface area contributed by atoms with Crippen LogP contribution in [0.3, 0.4) is 0 Å². The van der Waals surface area contributed by atoms with Crippen molar-refractivity contribution >= 4 is 21.6 Å². The van der Waals surface area contributed by atoms with Crippen LogP contribution in [-0.4, -0.2) is 39.2 Å². The highest BCUT2D eigenvalue weighted by Crippen LogP contribution is 2.22. The molecule has 1 aliphatic heterocycles. The molecule has 2 rings (SSSR count). The molecular formula is C13H19ClN2O2S. The van der Waals surface area contributed by atoms with Gasteiger partial charge in [-0.1, -0.05) is 17.7 Å². The van der Waals surface area contributed by atoms with E-state index in [1.54, 1.807) is 0 Å². The number of sulfonamides is 1.